The number of morpholine rings is 1. The average molecular weight is 278 g/mol. The molecule has 1 aliphatic rings. The Balaban J connectivity index is 1.86. The van der Waals surface area contributed by atoms with Gasteiger partial charge in [0.25, 0.3) is 5.91 Å². The number of nitrogens with one attached hydrogen (secondary N) is 1. The van der Waals surface area contributed by atoms with Gasteiger partial charge < -0.3 is 19.7 Å². The van der Waals surface area contributed by atoms with Crippen LogP contribution in [-0.2, 0) is 9.53 Å². The van der Waals surface area contributed by atoms with Crippen LogP contribution in [0.15, 0.2) is 24.3 Å². The first kappa shape index (κ1) is 14.3. The van der Waals surface area contributed by atoms with Crippen molar-refractivity contribution in [3.63, 3.8) is 0 Å². The van der Waals surface area contributed by atoms with Crippen molar-refractivity contribution in [1.82, 2.24) is 10.2 Å². The molecule has 1 saturated heterocycles. The van der Waals surface area contributed by atoms with E-state index in [9.17, 15) is 9.59 Å². The minimum atomic E-state index is -0.287. The highest BCUT2D eigenvalue weighted by atomic mass is 16.5. The maximum Gasteiger partial charge on any atom is 0.251 e. The molecule has 108 valence electrons. The number of methoxy groups -OCH3 is 1. The van der Waals surface area contributed by atoms with Gasteiger partial charge in [0.05, 0.1) is 26.9 Å². The Bertz CT molecular complexity index is 484. The van der Waals surface area contributed by atoms with Crippen LogP contribution < -0.4 is 10.1 Å². The smallest absolute Gasteiger partial charge is 0.251 e. The van der Waals surface area contributed by atoms with Crippen molar-refractivity contribution in [2.24, 2.45) is 0 Å². The van der Waals surface area contributed by atoms with Crippen LogP contribution in [0, 0.1) is 0 Å². The highest BCUT2D eigenvalue weighted by molar-refractivity contribution is 5.96. The Labute approximate surface area is 117 Å². The topological polar surface area (TPSA) is 67.9 Å². The zero-order chi connectivity index (χ0) is 14.4. The van der Waals surface area contributed by atoms with Gasteiger partial charge in [0.1, 0.15) is 5.75 Å². The van der Waals surface area contributed by atoms with Crippen molar-refractivity contribution < 1.29 is 19.1 Å². The van der Waals surface area contributed by atoms with E-state index in [4.69, 9.17) is 9.47 Å². The predicted molar refractivity (Wildman–Crippen MR) is 72.7 cm³/mol. The van der Waals surface area contributed by atoms with Crippen molar-refractivity contribution >= 4 is 11.8 Å². The van der Waals surface area contributed by atoms with E-state index in [1.54, 1.807) is 36.3 Å². The first-order valence-electron chi connectivity index (χ1n) is 6.48. The summed E-state index contributed by atoms with van der Waals surface area (Å²) in [7, 11) is 1.54. The van der Waals surface area contributed by atoms with E-state index < -0.39 is 0 Å². The summed E-state index contributed by atoms with van der Waals surface area (Å²) in [5.41, 5.74) is 0.471. The molecule has 6 nitrogen and oxygen atoms in total. The van der Waals surface area contributed by atoms with Crippen molar-refractivity contribution in [3.05, 3.63) is 29.8 Å². The van der Waals surface area contributed by atoms with E-state index in [0.717, 1.165) is 0 Å². The molecule has 20 heavy (non-hydrogen) atoms. The predicted octanol–water partition coefficient (Wildman–Crippen LogP) is 0.284. The number of hydrogen-bond donors (Lipinski definition) is 1. The molecule has 1 N–H and O–H groups in total. The molecular formula is C14H18N2O4. The summed E-state index contributed by atoms with van der Waals surface area (Å²) in [6.45, 7) is 2.25. The molecule has 2 amide bonds. The molecule has 0 unspecified atom stereocenters. The van der Waals surface area contributed by atoms with Crippen LogP contribution in [0.4, 0.5) is 0 Å². The van der Waals surface area contributed by atoms with Crippen LogP contribution in [-0.4, -0.2) is 56.7 Å². The van der Waals surface area contributed by atoms with Gasteiger partial charge in [-0.3, -0.25) is 9.59 Å². The molecule has 0 aliphatic carbocycles. The van der Waals surface area contributed by atoms with Gasteiger partial charge in [-0.05, 0) is 18.2 Å². The van der Waals surface area contributed by atoms with Gasteiger partial charge in [0.15, 0.2) is 0 Å². The molecule has 0 aromatic heterocycles. The molecule has 6 heteroatoms. The molecule has 1 fully saturated rings. The summed E-state index contributed by atoms with van der Waals surface area (Å²) >= 11 is 0. The van der Waals surface area contributed by atoms with Crippen LogP contribution in [0.1, 0.15) is 10.4 Å². The molecule has 2 rings (SSSR count). The molecule has 1 aromatic carbocycles. The summed E-state index contributed by atoms with van der Waals surface area (Å²) in [6, 6.07) is 6.80. The van der Waals surface area contributed by atoms with Crippen molar-refractivity contribution in [2.45, 2.75) is 0 Å². The number of carbonyl (C=O) groups excluding carboxylic acids is 2. The van der Waals surface area contributed by atoms with Gasteiger partial charge in [0, 0.05) is 18.7 Å². The maximum absolute atomic E-state index is 11.9. The second-order valence-corrected chi connectivity index (χ2v) is 4.41. The molecule has 1 heterocycles. The average Bonchev–Trinajstić information content (AvgIpc) is 2.53. The minimum absolute atomic E-state index is 0.00393. The summed E-state index contributed by atoms with van der Waals surface area (Å²) in [5.74, 6) is 0.229. The second kappa shape index (κ2) is 6.91. The van der Waals surface area contributed by atoms with Crippen LogP contribution in [0.25, 0.3) is 0 Å². The Morgan fingerprint density at radius 3 is 2.80 bits per heavy atom. The molecule has 0 atom stereocenters. The monoisotopic (exact) mass is 278 g/mol. The zero-order valence-electron chi connectivity index (χ0n) is 11.4. The summed E-state index contributed by atoms with van der Waals surface area (Å²) in [6.07, 6.45) is 0. The van der Waals surface area contributed by atoms with Crippen molar-refractivity contribution in [3.8, 4) is 5.75 Å². The van der Waals surface area contributed by atoms with E-state index >= 15 is 0 Å². The third-order valence-corrected chi connectivity index (χ3v) is 3.10. The van der Waals surface area contributed by atoms with Crippen LogP contribution in [0.5, 0.6) is 5.75 Å². The summed E-state index contributed by atoms with van der Waals surface area (Å²) < 4.78 is 10.2. The Morgan fingerprint density at radius 2 is 2.10 bits per heavy atom. The van der Waals surface area contributed by atoms with Crippen LogP contribution >= 0.6 is 0 Å². The Hall–Kier alpha value is -2.08. The summed E-state index contributed by atoms with van der Waals surface area (Å²) in [4.78, 5) is 25.5. The minimum Gasteiger partial charge on any atom is -0.497 e. The Morgan fingerprint density at radius 1 is 1.35 bits per heavy atom. The van der Waals surface area contributed by atoms with Crippen LogP contribution in [0.3, 0.4) is 0 Å². The third kappa shape index (κ3) is 3.71. The standard InChI is InChI=1S/C14H18N2O4/c1-19-12-4-2-3-11(9-12)14(18)15-10-13(17)16-5-7-20-8-6-16/h2-4,9H,5-8,10H2,1H3,(H,15,18). The van der Waals surface area contributed by atoms with E-state index in [-0.39, 0.29) is 18.4 Å². The number of amides is 2. The van der Waals surface area contributed by atoms with Gasteiger partial charge >= 0.3 is 0 Å². The number of nitrogens with zero attached hydrogens (tertiary/aromatic N) is 1. The molecule has 0 bridgehead atoms. The Kier molecular flexibility index (Phi) is 4.95. The van der Waals surface area contributed by atoms with Gasteiger partial charge in [-0.25, -0.2) is 0 Å². The second-order valence-electron chi connectivity index (χ2n) is 4.41. The molecule has 1 aromatic rings. The van der Waals surface area contributed by atoms with Gasteiger partial charge in [0.2, 0.25) is 5.91 Å². The van der Waals surface area contributed by atoms with Crippen LogP contribution in [0.2, 0.25) is 0 Å². The summed E-state index contributed by atoms with van der Waals surface area (Å²) in [5, 5.41) is 2.62. The number of rotatable bonds is 4. The van der Waals surface area contributed by atoms with E-state index in [1.165, 1.54) is 0 Å². The lowest BCUT2D eigenvalue weighted by Crippen LogP contribution is -2.45. The fourth-order valence-electron chi connectivity index (χ4n) is 1.95. The molecule has 0 radical (unpaired) electrons. The quantitative estimate of drug-likeness (QED) is 0.859. The molecule has 0 saturated carbocycles. The molecular weight excluding hydrogens is 260 g/mol. The van der Waals surface area contributed by atoms with E-state index in [2.05, 4.69) is 5.32 Å². The zero-order valence-corrected chi connectivity index (χ0v) is 11.4. The lowest BCUT2D eigenvalue weighted by Gasteiger charge is -2.26. The number of ether oxygens (including phenoxy) is 2. The first-order valence-corrected chi connectivity index (χ1v) is 6.48. The number of benzene rings is 1. The maximum atomic E-state index is 11.9. The van der Waals surface area contributed by atoms with E-state index in [0.29, 0.717) is 37.6 Å². The first-order chi connectivity index (χ1) is 9.70. The highest BCUT2D eigenvalue weighted by Gasteiger charge is 2.17. The molecule has 1 aliphatic heterocycles. The van der Waals surface area contributed by atoms with Gasteiger partial charge in [-0.15, -0.1) is 0 Å². The lowest BCUT2D eigenvalue weighted by atomic mass is 10.2. The van der Waals surface area contributed by atoms with Crippen molar-refractivity contribution in [1.29, 1.82) is 0 Å². The van der Waals surface area contributed by atoms with E-state index in [1.807, 2.05) is 0 Å². The van der Waals surface area contributed by atoms with Gasteiger partial charge in [-0.1, -0.05) is 6.07 Å². The molecule has 0 spiro atoms. The fraction of sp³-hybridized carbons (Fsp3) is 0.429. The number of carbonyl (C=O) groups is 2. The third-order valence-electron chi connectivity index (χ3n) is 3.10. The normalized spacial score (nSPS) is 14.8. The SMILES string of the molecule is COc1cccc(C(=O)NCC(=O)N2CCOCC2)c1. The highest BCUT2D eigenvalue weighted by Crippen LogP contribution is 2.12. The van der Waals surface area contributed by atoms with Gasteiger partial charge in [-0.2, -0.15) is 0 Å². The fourth-order valence-corrected chi connectivity index (χ4v) is 1.95. The number of hydrogen-bond acceptors (Lipinski definition) is 4. The van der Waals surface area contributed by atoms with Crippen molar-refractivity contribution in [2.75, 3.05) is 40.0 Å². The lowest BCUT2D eigenvalue weighted by molar-refractivity contribution is -0.134. The largest absolute Gasteiger partial charge is 0.497 e.